The third kappa shape index (κ3) is 6.06. The van der Waals surface area contributed by atoms with E-state index in [1.165, 1.54) is 49.0 Å². The van der Waals surface area contributed by atoms with Crippen LogP contribution in [0.15, 0.2) is 223 Å². The Hall–Kier alpha value is -8.14. The van der Waals surface area contributed by atoms with Gasteiger partial charge in [-0.15, -0.1) is 0 Å². The van der Waals surface area contributed by atoms with Crippen LogP contribution in [-0.2, 0) is 0 Å². The molecule has 10 aromatic carbocycles. The van der Waals surface area contributed by atoms with Gasteiger partial charge in [0.2, 0.25) is 0 Å². The molecule has 0 amide bonds. The Morgan fingerprint density at radius 2 is 0.672 bits per heavy atom. The summed E-state index contributed by atoms with van der Waals surface area (Å²) < 4.78 is 6.70. The second-order valence-electron chi connectivity index (χ2n) is 15.7. The lowest BCUT2D eigenvalue weighted by Crippen LogP contribution is -1.94. The molecule has 2 heterocycles. The summed E-state index contributed by atoms with van der Waals surface area (Å²) in [5, 5.41) is 8.51. The summed E-state index contributed by atoms with van der Waals surface area (Å²) in [6, 6.07) is 77.6. The van der Waals surface area contributed by atoms with Gasteiger partial charge in [-0.25, -0.2) is 9.97 Å². The molecule has 0 atom stereocenters. The number of furan rings is 1. The number of hydrogen-bond donors (Lipinski definition) is 0. The van der Waals surface area contributed by atoms with Gasteiger partial charge in [0.25, 0.3) is 0 Å². The summed E-state index contributed by atoms with van der Waals surface area (Å²) in [4.78, 5) is 10.7. The van der Waals surface area contributed by atoms with E-state index < -0.39 is 0 Å². The maximum atomic E-state index is 6.70. The first kappa shape index (κ1) is 34.9. The minimum absolute atomic E-state index is 0.646. The van der Waals surface area contributed by atoms with Gasteiger partial charge >= 0.3 is 0 Å². The molecule has 0 unspecified atom stereocenters. The van der Waals surface area contributed by atoms with Crippen LogP contribution < -0.4 is 0 Å². The van der Waals surface area contributed by atoms with Crippen molar-refractivity contribution < 1.29 is 4.42 Å². The molecule has 284 valence electrons. The van der Waals surface area contributed by atoms with Crippen LogP contribution in [0, 0.1) is 0 Å². The molecule has 61 heavy (non-hydrogen) atoms. The summed E-state index contributed by atoms with van der Waals surface area (Å²) in [6.07, 6.45) is 0. The topological polar surface area (TPSA) is 38.9 Å². The van der Waals surface area contributed by atoms with Crippen molar-refractivity contribution in [2.24, 2.45) is 0 Å². The van der Waals surface area contributed by atoms with Crippen molar-refractivity contribution >= 4 is 54.4 Å². The van der Waals surface area contributed by atoms with E-state index in [2.05, 4.69) is 212 Å². The monoisotopic (exact) mass is 776 g/mol. The Morgan fingerprint density at radius 1 is 0.262 bits per heavy atom. The van der Waals surface area contributed by atoms with Gasteiger partial charge in [0.1, 0.15) is 16.8 Å². The molecule has 2 aromatic heterocycles. The van der Waals surface area contributed by atoms with Crippen LogP contribution in [0.2, 0.25) is 0 Å². The zero-order valence-corrected chi connectivity index (χ0v) is 33.1. The van der Waals surface area contributed by atoms with E-state index in [9.17, 15) is 0 Å². The van der Waals surface area contributed by atoms with E-state index in [-0.39, 0.29) is 0 Å². The third-order valence-corrected chi connectivity index (χ3v) is 12.1. The number of aromatic nitrogens is 2. The number of hydrogen-bond acceptors (Lipinski definition) is 3. The molecular weight excluding hydrogens is 741 g/mol. The van der Waals surface area contributed by atoms with Gasteiger partial charge in [0.15, 0.2) is 11.4 Å². The van der Waals surface area contributed by atoms with Gasteiger partial charge in [-0.2, -0.15) is 0 Å². The molecule has 0 saturated carbocycles. The standard InChI is InChI=1S/C58H36N2O/c1-3-13-37(14-4-1)39-25-27-40(28-26-39)55-57-56(53-36-45(30-32-54(53)61-57)42-18-11-17-41(33-42)38-15-5-2-6-16-38)60-58(59-55)46-20-12-19-43(34-46)44-29-31-51-49-23-8-7-21-47(49)48-22-9-10-24-50(48)52(51)35-44/h1-36H. The van der Waals surface area contributed by atoms with E-state index in [1.54, 1.807) is 0 Å². The second-order valence-corrected chi connectivity index (χ2v) is 15.7. The molecule has 3 heteroatoms. The van der Waals surface area contributed by atoms with Crippen molar-refractivity contribution in [3.8, 4) is 67.2 Å². The van der Waals surface area contributed by atoms with Crippen molar-refractivity contribution in [1.29, 1.82) is 0 Å². The first-order chi connectivity index (χ1) is 30.2. The highest BCUT2D eigenvalue weighted by molar-refractivity contribution is 6.25. The first-order valence-corrected chi connectivity index (χ1v) is 20.7. The van der Waals surface area contributed by atoms with Crippen molar-refractivity contribution in [2.75, 3.05) is 0 Å². The minimum atomic E-state index is 0.646. The van der Waals surface area contributed by atoms with E-state index >= 15 is 0 Å². The van der Waals surface area contributed by atoms with E-state index in [0.717, 1.165) is 61.1 Å². The van der Waals surface area contributed by atoms with Gasteiger partial charge in [-0.05, 0) is 107 Å². The van der Waals surface area contributed by atoms with Crippen LogP contribution in [-0.4, -0.2) is 9.97 Å². The van der Waals surface area contributed by atoms with E-state index in [0.29, 0.717) is 11.4 Å². The Bertz CT molecular complexity index is 3590. The highest BCUT2D eigenvalue weighted by Gasteiger charge is 2.20. The molecule has 0 spiro atoms. The van der Waals surface area contributed by atoms with Gasteiger partial charge in [0.05, 0.1) is 0 Å². The maximum absolute atomic E-state index is 6.70. The van der Waals surface area contributed by atoms with Gasteiger partial charge in [-0.1, -0.05) is 188 Å². The van der Waals surface area contributed by atoms with Crippen molar-refractivity contribution in [3.63, 3.8) is 0 Å². The smallest absolute Gasteiger partial charge is 0.180 e. The fourth-order valence-electron chi connectivity index (χ4n) is 9.03. The molecular formula is C58H36N2O. The number of benzene rings is 10. The van der Waals surface area contributed by atoms with Crippen molar-refractivity contribution in [3.05, 3.63) is 218 Å². The molecule has 0 N–H and O–H groups in total. The molecule has 0 aliphatic carbocycles. The Kier molecular flexibility index (Phi) is 8.17. The summed E-state index contributed by atoms with van der Waals surface area (Å²) in [5.74, 6) is 0.646. The summed E-state index contributed by atoms with van der Waals surface area (Å²) >= 11 is 0. The van der Waals surface area contributed by atoms with Gasteiger partial charge in [-0.3, -0.25) is 0 Å². The minimum Gasteiger partial charge on any atom is -0.452 e. The third-order valence-electron chi connectivity index (χ3n) is 12.1. The summed E-state index contributed by atoms with van der Waals surface area (Å²) in [7, 11) is 0. The predicted molar refractivity (Wildman–Crippen MR) is 254 cm³/mol. The molecule has 0 saturated heterocycles. The second kappa shape index (κ2) is 14.3. The Morgan fingerprint density at radius 3 is 1.31 bits per heavy atom. The van der Waals surface area contributed by atoms with Crippen LogP contribution in [0.3, 0.4) is 0 Å². The van der Waals surface area contributed by atoms with Crippen molar-refractivity contribution in [2.45, 2.75) is 0 Å². The van der Waals surface area contributed by atoms with E-state index in [1.807, 2.05) is 6.07 Å². The van der Waals surface area contributed by atoms with Crippen LogP contribution in [0.5, 0.6) is 0 Å². The van der Waals surface area contributed by atoms with Gasteiger partial charge in [0, 0.05) is 16.5 Å². The average molecular weight is 777 g/mol. The normalized spacial score (nSPS) is 11.6. The van der Waals surface area contributed by atoms with Crippen LogP contribution in [0.4, 0.5) is 0 Å². The SMILES string of the molecule is c1ccc(-c2ccc(-c3nc(-c4cccc(-c5ccc6c7ccccc7c7ccccc7c6c5)c4)nc4c3oc3ccc(-c5cccc(-c6ccccc6)c5)cc34)cc2)cc1. The average Bonchev–Trinajstić information content (AvgIpc) is 3.72. The van der Waals surface area contributed by atoms with Gasteiger partial charge < -0.3 is 4.42 Å². The number of nitrogens with zero attached hydrogens (tertiary/aromatic N) is 2. The molecule has 0 fully saturated rings. The fourth-order valence-corrected chi connectivity index (χ4v) is 9.03. The lowest BCUT2D eigenvalue weighted by atomic mass is 9.92. The van der Waals surface area contributed by atoms with Crippen LogP contribution >= 0.6 is 0 Å². The maximum Gasteiger partial charge on any atom is 0.180 e. The van der Waals surface area contributed by atoms with Crippen LogP contribution in [0.1, 0.15) is 0 Å². The molecule has 0 radical (unpaired) electrons. The molecule has 0 aliphatic rings. The van der Waals surface area contributed by atoms with E-state index in [4.69, 9.17) is 14.4 Å². The quantitative estimate of drug-likeness (QED) is 0.158. The predicted octanol–water partition coefficient (Wildman–Crippen LogP) is 15.8. The zero-order valence-electron chi connectivity index (χ0n) is 33.1. The number of rotatable bonds is 6. The molecule has 3 nitrogen and oxygen atoms in total. The highest BCUT2D eigenvalue weighted by Crippen LogP contribution is 2.40. The highest BCUT2D eigenvalue weighted by atomic mass is 16.3. The molecule has 0 bridgehead atoms. The van der Waals surface area contributed by atoms with Crippen LogP contribution in [0.25, 0.3) is 122 Å². The molecule has 12 rings (SSSR count). The molecule has 12 aromatic rings. The number of fused-ring (bicyclic) bond motifs is 9. The first-order valence-electron chi connectivity index (χ1n) is 20.7. The summed E-state index contributed by atoms with van der Waals surface area (Å²) in [5.41, 5.74) is 14.1. The summed E-state index contributed by atoms with van der Waals surface area (Å²) in [6.45, 7) is 0. The lowest BCUT2D eigenvalue weighted by Gasteiger charge is -2.12. The Balaban J connectivity index is 1.02. The molecule has 0 aliphatic heterocycles. The fraction of sp³-hybridized carbons (Fsp3) is 0. The zero-order chi connectivity index (χ0) is 40.3. The Labute approximate surface area is 352 Å². The lowest BCUT2D eigenvalue weighted by molar-refractivity contribution is 0.667. The largest absolute Gasteiger partial charge is 0.452 e. The van der Waals surface area contributed by atoms with Crippen molar-refractivity contribution in [1.82, 2.24) is 9.97 Å².